The number of imidazole rings is 1. The quantitative estimate of drug-likeness (QED) is 0.582. The zero-order valence-corrected chi connectivity index (χ0v) is 11.6. The second-order valence-corrected chi connectivity index (χ2v) is 5.17. The van der Waals surface area contributed by atoms with E-state index in [1.54, 1.807) is 6.33 Å². The summed E-state index contributed by atoms with van der Waals surface area (Å²) in [7, 11) is 0. The van der Waals surface area contributed by atoms with E-state index in [4.69, 9.17) is 0 Å². The molecule has 0 radical (unpaired) electrons. The second kappa shape index (κ2) is 4.59. The molecule has 2 heterocycles. The first-order chi connectivity index (χ1) is 10.3. The lowest BCUT2D eigenvalue weighted by molar-refractivity contribution is 1.12. The van der Waals surface area contributed by atoms with Crippen molar-refractivity contribution in [2.75, 3.05) is 0 Å². The van der Waals surface area contributed by atoms with E-state index in [1.807, 2.05) is 6.20 Å². The van der Waals surface area contributed by atoms with Gasteiger partial charge in [0, 0.05) is 16.5 Å². The van der Waals surface area contributed by atoms with Crippen molar-refractivity contribution < 1.29 is 0 Å². The van der Waals surface area contributed by atoms with Gasteiger partial charge in [-0.15, -0.1) is 0 Å². The maximum absolute atomic E-state index is 4.49. The van der Waals surface area contributed by atoms with Crippen LogP contribution in [-0.4, -0.2) is 20.2 Å². The lowest BCUT2D eigenvalue weighted by Crippen LogP contribution is -1.85. The molecule has 0 saturated heterocycles. The van der Waals surface area contributed by atoms with Gasteiger partial charge in [0.15, 0.2) is 0 Å². The van der Waals surface area contributed by atoms with Gasteiger partial charge in [-0.2, -0.15) is 5.10 Å². The van der Waals surface area contributed by atoms with E-state index in [-0.39, 0.29) is 0 Å². The van der Waals surface area contributed by atoms with Gasteiger partial charge in [0.2, 0.25) is 0 Å². The van der Waals surface area contributed by atoms with Gasteiger partial charge in [-0.25, -0.2) is 4.98 Å². The van der Waals surface area contributed by atoms with Gasteiger partial charge in [0.25, 0.3) is 0 Å². The molecule has 0 aliphatic heterocycles. The van der Waals surface area contributed by atoms with Crippen LogP contribution in [0.2, 0.25) is 0 Å². The first-order valence-electron chi connectivity index (χ1n) is 6.85. The van der Waals surface area contributed by atoms with Crippen molar-refractivity contribution in [2.45, 2.75) is 6.92 Å². The smallest absolute Gasteiger partial charge is 0.0961 e. The van der Waals surface area contributed by atoms with Gasteiger partial charge in [-0.05, 0) is 19.1 Å². The molecule has 21 heavy (non-hydrogen) atoms. The van der Waals surface area contributed by atoms with Crippen LogP contribution in [0.4, 0.5) is 0 Å². The SMILES string of the molecule is Cc1cccc(-c2nc[nH]c2-c2ccc3cn[nH]c3c2)c1. The Labute approximate surface area is 121 Å². The Bertz CT molecular complexity index is 917. The third-order valence-corrected chi connectivity index (χ3v) is 3.66. The molecule has 4 heteroatoms. The molecule has 4 aromatic rings. The van der Waals surface area contributed by atoms with Gasteiger partial charge in [0.05, 0.1) is 29.4 Å². The molecule has 2 aromatic heterocycles. The molecule has 0 aliphatic rings. The van der Waals surface area contributed by atoms with E-state index < -0.39 is 0 Å². The number of benzene rings is 2. The average Bonchev–Trinajstić information content (AvgIpc) is 3.15. The van der Waals surface area contributed by atoms with Crippen LogP contribution in [0.25, 0.3) is 33.4 Å². The Hall–Kier alpha value is -2.88. The summed E-state index contributed by atoms with van der Waals surface area (Å²) in [4.78, 5) is 7.74. The predicted molar refractivity (Wildman–Crippen MR) is 83.8 cm³/mol. The molecule has 0 amide bonds. The van der Waals surface area contributed by atoms with Crippen molar-refractivity contribution in [3.8, 4) is 22.5 Å². The fraction of sp³-hybridized carbons (Fsp3) is 0.0588. The molecule has 0 unspecified atom stereocenters. The van der Waals surface area contributed by atoms with Crippen LogP contribution in [0.1, 0.15) is 5.56 Å². The summed E-state index contributed by atoms with van der Waals surface area (Å²) in [6.45, 7) is 2.09. The summed E-state index contributed by atoms with van der Waals surface area (Å²) in [5.74, 6) is 0. The summed E-state index contributed by atoms with van der Waals surface area (Å²) in [6.07, 6.45) is 3.57. The number of hydrogen-bond acceptors (Lipinski definition) is 2. The molecule has 0 atom stereocenters. The standard InChI is InChI=1S/C17H14N4/c1-11-3-2-4-12(7-11)16-17(19-10-18-16)13-5-6-14-9-20-21-15(14)8-13/h2-10H,1H3,(H,18,19)(H,20,21). The lowest BCUT2D eigenvalue weighted by atomic mass is 10.0. The summed E-state index contributed by atoms with van der Waals surface area (Å²) in [6, 6.07) is 14.6. The number of fused-ring (bicyclic) bond motifs is 1. The Morgan fingerprint density at radius 3 is 2.86 bits per heavy atom. The number of aryl methyl sites for hydroxylation is 1. The second-order valence-electron chi connectivity index (χ2n) is 5.17. The van der Waals surface area contributed by atoms with Crippen LogP contribution in [0.5, 0.6) is 0 Å². The van der Waals surface area contributed by atoms with Crippen LogP contribution < -0.4 is 0 Å². The minimum absolute atomic E-state index is 0.970. The number of nitrogens with zero attached hydrogens (tertiary/aromatic N) is 2. The van der Waals surface area contributed by atoms with Gasteiger partial charge in [-0.3, -0.25) is 5.10 Å². The molecule has 102 valence electrons. The van der Waals surface area contributed by atoms with E-state index in [1.165, 1.54) is 5.56 Å². The van der Waals surface area contributed by atoms with Crippen molar-refractivity contribution in [1.29, 1.82) is 0 Å². The lowest BCUT2D eigenvalue weighted by Gasteiger charge is -2.04. The van der Waals surface area contributed by atoms with Crippen LogP contribution in [-0.2, 0) is 0 Å². The summed E-state index contributed by atoms with van der Waals surface area (Å²) in [5, 5.41) is 8.18. The molecular formula is C17H14N4. The molecule has 0 spiro atoms. The normalized spacial score (nSPS) is 11.1. The zero-order chi connectivity index (χ0) is 14.2. The number of H-pyrrole nitrogens is 2. The Balaban J connectivity index is 1.88. The number of nitrogens with one attached hydrogen (secondary N) is 2. The fourth-order valence-electron chi connectivity index (χ4n) is 2.62. The highest BCUT2D eigenvalue weighted by molar-refractivity contribution is 5.86. The third-order valence-electron chi connectivity index (χ3n) is 3.66. The number of aromatic nitrogens is 4. The van der Waals surface area contributed by atoms with Gasteiger partial charge in [0.1, 0.15) is 0 Å². The minimum atomic E-state index is 0.970. The number of rotatable bonds is 2. The Morgan fingerprint density at radius 2 is 1.95 bits per heavy atom. The fourth-order valence-corrected chi connectivity index (χ4v) is 2.62. The molecule has 0 aliphatic carbocycles. The highest BCUT2D eigenvalue weighted by Gasteiger charge is 2.11. The van der Waals surface area contributed by atoms with Crippen LogP contribution >= 0.6 is 0 Å². The highest BCUT2D eigenvalue weighted by Crippen LogP contribution is 2.30. The van der Waals surface area contributed by atoms with Crippen molar-refractivity contribution in [3.63, 3.8) is 0 Å². The van der Waals surface area contributed by atoms with Gasteiger partial charge in [-0.1, -0.05) is 35.9 Å². The van der Waals surface area contributed by atoms with E-state index in [0.717, 1.165) is 33.4 Å². The average molecular weight is 274 g/mol. The van der Waals surface area contributed by atoms with Crippen LogP contribution in [0.15, 0.2) is 55.0 Å². The van der Waals surface area contributed by atoms with Crippen molar-refractivity contribution in [1.82, 2.24) is 20.2 Å². The molecule has 0 bridgehead atoms. The first-order valence-corrected chi connectivity index (χ1v) is 6.85. The van der Waals surface area contributed by atoms with Crippen LogP contribution in [0, 0.1) is 6.92 Å². The van der Waals surface area contributed by atoms with Crippen molar-refractivity contribution in [3.05, 3.63) is 60.6 Å². The Kier molecular flexibility index (Phi) is 2.60. The maximum Gasteiger partial charge on any atom is 0.0961 e. The molecule has 2 aromatic carbocycles. The third kappa shape index (κ3) is 2.01. The van der Waals surface area contributed by atoms with Crippen molar-refractivity contribution in [2.24, 2.45) is 0 Å². The summed E-state index contributed by atoms with van der Waals surface area (Å²) < 4.78 is 0. The van der Waals surface area contributed by atoms with Crippen molar-refractivity contribution >= 4 is 10.9 Å². The van der Waals surface area contributed by atoms with Gasteiger partial charge >= 0.3 is 0 Å². The summed E-state index contributed by atoms with van der Waals surface area (Å²) in [5.41, 5.74) is 6.47. The topological polar surface area (TPSA) is 57.4 Å². The number of aromatic amines is 2. The van der Waals surface area contributed by atoms with E-state index in [0.29, 0.717) is 0 Å². The van der Waals surface area contributed by atoms with Gasteiger partial charge < -0.3 is 4.98 Å². The zero-order valence-electron chi connectivity index (χ0n) is 11.6. The minimum Gasteiger partial charge on any atom is -0.344 e. The van der Waals surface area contributed by atoms with Crippen LogP contribution in [0.3, 0.4) is 0 Å². The maximum atomic E-state index is 4.49. The predicted octanol–water partition coefficient (Wildman–Crippen LogP) is 3.93. The van der Waals surface area contributed by atoms with E-state index in [2.05, 4.69) is 69.6 Å². The van der Waals surface area contributed by atoms with E-state index in [9.17, 15) is 0 Å². The summed E-state index contributed by atoms with van der Waals surface area (Å²) >= 11 is 0. The molecule has 4 nitrogen and oxygen atoms in total. The molecule has 0 fully saturated rings. The molecule has 2 N–H and O–H groups in total. The highest BCUT2D eigenvalue weighted by atomic mass is 15.1. The number of hydrogen-bond donors (Lipinski definition) is 2. The molecule has 0 saturated carbocycles. The first kappa shape index (κ1) is 11.9. The van der Waals surface area contributed by atoms with E-state index >= 15 is 0 Å². The molecular weight excluding hydrogens is 260 g/mol. The monoisotopic (exact) mass is 274 g/mol. The Morgan fingerprint density at radius 1 is 1.00 bits per heavy atom. The molecule has 4 rings (SSSR count). The largest absolute Gasteiger partial charge is 0.344 e.